The van der Waals surface area contributed by atoms with Gasteiger partial charge in [-0.15, -0.1) is 5.10 Å². The van der Waals surface area contributed by atoms with Gasteiger partial charge in [-0.25, -0.2) is 13.8 Å². The summed E-state index contributed by atoms with van der Waals surface area (Å²) in [5.41, 5.74) is 6.50. The van der Waals surface area contributed by atoms with Crippen molar-refractivity contribution in [2.24, 2.45) is 0 Å². The Bertz CT molecular complexity index is 1290. The van der Waals surface area contributed by atoms with Gasteiger partial charge in [0.05, 0.1) is 22.8 Å². The Kier molecular flexibility index (Phi) is 5.61. The minimum absolute atomic E-state index is 0.238. The monoisotopic (exact) mass is 432 g/mol. The number of nitrogens with zero attached hydrogens (tertiary/aromatic N) is 6. The average molecular weight is 433 g/mol. The molecule has 7 nitrogen and oxygen atoms in total. The molecule has 1 amide bonds. The molecule has 0 aliphatic rings. The summed E-state index contributed by atoms with van der Waals surface area (Å²) in [5, 5.41) is 12.9. The number of benzene rings is 2. The van der Waals surface area contributed by atoms with E-state index in [0.717, 1.165) is 28.2 Å². The van der Waals surface area contributed by atoms with Gasteiger partial charge in [-0.2, -0.15) is 5.10 Å². The second-order valence-corrected chi connectivity index (χ2v) is 7.92. The van der Waals surface area contributed by atoms with Crippen molar-refractivity contribution in [2.45, 2.75) is 34.2 Å². The van der Waals surface area contributed by atoms with E-state index in [1.165, 1.54) is 16.8 Å². The molecule has 164 valence electrons. The van der Waals surface area contributed by atoms with E-state index in [4.69, 9.17) is 5.10 Å². The van der Waals surface area contributed by atoms with Gasteiger partial charge in [0.15, 0.2) is 5.69 Å². The van der Waals surface area contributed by atoms with Crippen molar-refractivity contribution in [1.29, 1.82) is 0 Å². The summed E-state index contributed by atoms with van der Waals surface area (Å²) in [6.45, 7) is 8.18. The van der Waals surface area contributed by atoms with Gasteiger partial charge in [0.25, 0.3) is 5.91 Å². The largest absolute Gasteiger partial charge is 0.336 e. The second kappa shape index (κ2) is 8.37. The number of rotatable bonds is 5. The molecule has 0 radical (unpaired) electrons. The molecule has 2 aromatic heterocycles. The van der Waals surface area contributed by atoms with Crippen LogP contribution >= 0.6 is 0 Å². The highest BCUT2D eigenvalue weighted by atomic mass is 19.1. The lowest BCUT2D eigenvalue weighted by Gasteiger charge is -2.17. The van der Waals surface area contributed by atoms with Gasteiger partial charge in [-0.3, -0.25) is 4.79 Å². The van der Waals surface area contributed by atoms with Crippen LogP contribution in [0.5, 0.6) is 0 Å². The highest BCUT2D eigenvalue weighted by molar-refractivity contribution is 5.93. The molecule has 0 aliphatic carbocycles. The number of halogens is 1. The van der Waals surface area contributed by atoms with Crippen LogP contribution in [-0.2, 0) is 6.54 Å². The van der Waals surface area contributed by atoms with Crippen LogP contribution < -0.4 is 0 Å². The number of hydrogen-bond acceptors (Lipinski definition) is 4. The van der Waals surface area contributed by atoms with Crippen LogP contribution in [-0.4, -0.2) is 42.6 Å². The lowest BCUT2D eigenvalue weighted by Crippen LogP contribution is -2.27. The van der Waals surface area contributed by atoms with Crippen molar-refractivity contribution in [3.05, 3.63) is 88.3 Å². The molecule has 0 spiro atoms. The summed E-state index contributed by atoms with van der Waals surface area (Å²) < 4.78 is 16.7. The Morgan fingerprint density at radius 1 is 0.969 bits per heavy atom. The maximum Gasteiger partial charge on any atom is 0.276 e. The molecule has 4 rings (SSSR count). The topological polar surface area (TPSA) is 68.8 Å². The third-order valence-electron chi connectivity index (χ3n) is 5.70. The second-order valence-electron chi connectivity index (χ2n) is 7.92. The number of carbonyl (C=O) groups excluding carboxylic acids is 1. The van der Waals surface area contributed by atoms with E-state index < -0.39 is 0 Å². The number of hydrogen-bond donors (Lipinski definition) is 0. The summed E-state index contributed by atoms with van der Waals surface area (Å²) in [4.78, 5) is 14.8. The van der Waals surface area contributed by atoms with Crippen molar-refractivity contribution < 1.29 is 9.18 Å². The number of aromatic nitrogens is 5. The van der Waals surface area contributed by atoms with Gasteiger partial charge in [-0.05, 0) is 63.6 Å². The average Bonchev–Trinajstić information content (AvgIpc) is 3.29. The first-order valence-corrected chi connectivity index (χ1v) is 10.3. The van der Waals surface area contributed by atoms with Crippen LogP contribution in [0.25, 0.3) is 11.4 Å². The summed E-state index contributed by atoms with van der Waals surface area (Å²) in [7, 11) is 1.74. The van der Waals surface area contributed by atoms with E-state index in [1.807, 2.05) is 49.7 Å². The molecule has 0 saturated heterocycles. The molecule has 0 unspecified atom stereocenters. The molecule has 0 aliphatic heterocycles. The molecule has 2 aromatic carbocycles. The first-order valence-electron chi connectivity index (χ1n) is 10.3. The van der Waals surface area contributed by atoms with Crippen molar-refractivity contribution in [3.63, 3.8) is 0 Å². The first kappa shape index (κ1) is 21.4. The number of para-hydroxylation sites is 1. The normalized spacial score (nSPS) is 11.1. The lowest BCUT2D eigenvalue weighted by atomic mass is 10.1. The SMILES string of the molecule is Cc1ccccc1-n1nc(C)c(CN(C)C(=O)c2nnn(-c3ccc(F)cc3)c2C)c1C. The molecule has 0 N–H and O–H groups in total. The molecule has 0 atom stereocenters. The fourth-order valence-electron chi connectivity index (χ4n) is 3.78. The predicted octanol–water partition coefficient (Wildman–Crippen LogP) is 4.10. The van der Waals surface area contributed by atoms with Crippen LogP contribution in [0.2, 0.25) is 0 Å². The molecule has 0 bridgehead atoms. The zero-order chi connectivity index (χ0) is 23.0. The minimum atomic E-state index is -0.334. The smallest absolute Gasteiger partial charge is 0.276 e. The third kappa shape index (κ3) is 3.79. The Morgan fingerprint density at radius 3 is 2.34 bits per heavy atom. The van der Waals surface area contributed by atoms with Gasteiger partial charge in [-0.1, -0.05) is 23.4 Å². The third-order valence-corrected chi connectivity index (χ3v) is 5.70. The quantitative estimate of drug-likeness (QED) is 0.476. The van der Waals surface area contributed by atoms with Crippen LogP contribution in [0.3, 0.4) is 0 Å². The van der Waals surface area contributed by atoms with Crippen LogP contribution in [0.4, 0.5) is 4.39 Å². The highest BCUT2D eigenvalue weighted by Crippen LogP contribution is 2.22. The summed E-state index contributed by atoms with van der Waals surface area (Å²) in [5.74, 6) is -0.571. The van der Waals surface area contributed by atoms with Gasteiger partial charge >= 0.3 is 0 Å². The fourth-order valence-corrected chi connectivity index (χ4v) is 3.78. The molecule has 32 heavy (non-hydrogen) atoms. The Balaban J connectivity index is 1.59. The van der Waals surface area contributed by atoms with E-state index in [9.17, 15) is 9.18 Å². The standard InChI is InChI=1S/C24H25FN6O/c1-15-8-6-7-9-22(15)31-17(3)21(16(2)27-31)14-29(5)24(32)23-18(4)30(28-26-23)20-12-10-19(25)11-13-20/h6-13H,14H2,1-5H3. The molecule has 0 fully saturated rings. The van der Waals surface area contributed by atoms with Crippen molar-refractivity contribution in [2.75, 3.05) is 7.05 Å². The van der Waals surface area contributed by atoms with E-state index in [1.54, 1.807) is 31.0 Å². The van der Waals surface area contributed by atoms with Crippen LogP contribution in [0.1, 0.15) is 38.7 Å². The molecule has 8 heteroatoms. The van der Waals surface area contributed by atoms with Gasteiger partial charge < -0.3 is 4.90 Å². The highest BCUT2D eigenvalue weighted by Gasteiger charge is 2.23. The van der Waals surface area contributed by atoms with Gasteiger partial charge in [0.1, 0.15) is 5.82 Å². The summed E-state index contributed by atoms with van der Waals surface area (Å²) >= 11 is 0. The molecular formula is C24H25FN6O. The molecule has 2 heterocycles. The van der Waals surface area contributed by atoms with E-state index in [0.29, 0.717) is 17.9 Å². The van der Waals surface area contributed by atoms with Crippen molar-refractivity contribution >= 4 is 5.91 Å². The maximum absolute atomic E-state index is 13.2. The van der Waals surface area contributed by atoms with Gasteiger partial charge in [0.2, 0.25) is 0 Å². The molecular weight excluding hydrogens is 407 g/mol. The number of amides is 1. The van der Waals surface area contributed by atoms with Crippen molar-refractivity contribution in [3.8, 4) is 11.4 Å². The van der Waals surface area contributed by atoms with Crippen LogP contribution in [0, 0.1) is 33.5 Å². The maximum atomic E-state index is 13.2. The summed E-state index contributed by atoms with van der Waals surface area (Å²) in [6, 6.07) is 14.0. The molecule has 4 aromatic rings. The summed E-state index contributed by atoms with van der Waals surface area (Å²) in [6.07, 6.45) is 0. The van der Waals surface area contributed by atoms with E-state index in [2.05, 4.69) is 10.3 Å². The number of carbonyl (C=O) groups is 1. The van der Waals surface area contributed by atoms with E-state index >= 15 is 0 Å². The minimum Gasteiger partial charge on any atom is -0.336 e. The number of aryl methyl sites for hydroxylation is 2. The fraction of sp³-hybridized carbons (Fsp3) is 0.250. The zero-order valence-corrected chi connectivity index (χ0v) is 18.8. The lowest BCUT2D eigenvalue weighted by molar-refractivity contribution is 0.0778. The Morgan fingerprint density at radius 2 is 1.66 bits per heavy atom. The Labute approximate surface area is 186 Å². The predicted molar refractivity (Wildman–Crippen MR) is 120 cm³/mol. The van der Waals surface area contributed by atoms with Crippen LogP contribution in [0.15, 0.2) is 48.5 Å². The Hall–Kier alpha value is -3.81. The zero-order valence-electron chi connectivity index (χ0n) is 18.8. The van der Waals surface area contributed by atoms with Gasteiger partial charge in [0, 0.05) is 24.8 Å². The first-order chi connectivity index (χ1) is 15.3. The van der Waals surface area contributed by atoms with E-state index in [-0.39, 0.29) is 17.4 Å². The van der Waals surface area contributed by atoms with Crippen molar-refractivity contribution in [1.82, 2.24) is 29.7 Å². The molecule has 0 saturated carbocycles.